The van der Waals surface area contributed by atoms with Crippen molar-refractivity contribution in [3.05, 3.63) is 52.0 Å². The minimum Gasteiger partial charge on any atom is -0.294 e. The highest BCUT2D eigenvalue weighted by Gasteiger charge is 2.18. The third-order valence-electron chi connectivity index (χ3n) is 3.89. The largest absolute Gasteiger partial charge is 0.294 e. The molecule has 0 aliphatic heterocycles. The maximum atomic E-state index is 13.3. The number of aromatic nitrogens is 2. The van der Waals surface area contributed by atoms with Gasteiger partial charge in [-0.2, -0.15) is 5.10 Å². The summed E-state index contributed by atoms with van der Waals surface area (Å²) in [6.45, 7) is 0. The molecule has 2 aromatic rings. The van der Waals surface area contributed by atoms with E-state index in [4.69, 9.17) is 0 Å². The van der Waals surface area contributed by atoms with Crippen molar-refractivity contribution >= 4 is 21.7 Å². The Labute approximate surface area is 131 Å². The van der Waals surface area contributed by atoms with Gasteiger partial charge in [-0.1, -0.05) is 28.8 Å². The van der Waals surface area contributed by atoms with Crippen molar-refractivity contribution in [2.45, 2.75) is 38.1 Å². The monoisotopic (exact) mass is 350 g/mol. The second-order valence-corrected chi connectivity index (χ2v) is 6.40. The van der Waals surface area contributed by atoms with Crippen molar-refractivity contribution in [2.24, 2.45) is 0 Å². The zero-order chi connectivity index (χ0) is 14.8. The number of nitrogens with zero attached hydrogens (tertiary/aromatic N) is 2. The first-order valence-corrected chi connectivity index (χ1v) is 7.94. The Balaban J connectivity index is 1.72. The molecule has 0 N–H and O–H groups in total. The van der Waals surface area contributed by atoms with Gasteiger partial charge in [0.15, 0.2) is 5.78 Å². The fourth-order valence-electron chi connectivity index (χ4n) is 2.83. The van der Waals surface area contributed by atoms with Crippen LogP contribution in [0.15, 0.2) is 34.9 Å². The molecule has 110 valence electrons. The molecule has 3 nitrogen and oxygen atoms in total. The smallest absolute Gasteiger partial charge is 0.169 e. The van der Waals surface area contributed by atoms with Crippen LogP contribution >= 0.6 is 15.9 Å². The molecule has 0 amide bonds. The fraction of sp³-hybridized carbons (Fsp3) is 0.375. The molecular formula is C16H16BrFN2O. The third-order valence-corrected chi connectivity index (χ3v) is 4.35. The Morgan fingerprint density at radius 2 is 2.10 bits per heavy atom. The molecule has 1 aliphatic carbocycles. The van der Waals surface area contributed by atoms with Crippen LogP contribution in [0.2, 0.25) is 0 Å². The highest BCUT2D eigenvalue weighted by Crippen LogP contribution is 2.28. The summed E-state index contributed by atoms with van der Waals surface area (Å²) >= 11 is 3.20. The first kappa shape index (κ1) is 14.4. The topological polar surface area (TPSA) is 34.9 Å². The number of carbonyl (C=O) groups is 1. The lowest BCUT2D eigenvalue weighted by atomic mass is 10.1. The Kier molecular flexibility index (Phi) is 4.19. The third kappa shape index (κ3) is 3.40. The number of Topliss-reactive ketones (excluding diaryl/α,β-unsaturated/α-hetero) is 1. The van der Waals surface area contributed by atoms with Gasteiger partial charge in [0.05, 0.1) is 18.2 Å². The lowest BCUT2D eigenvalue weighted by Gasteiger charge is -2.08. The fourth-order valence-corrected chi connectivity index (χ4v) is 3.29. The van der Waals surface area contributed by atoms with E-state index >= 15 is 0 Å². The van der Waals surface area contributed by atoms with E-state index < -0.39 is 5.82 Å². The van der Waals surface area contributed by atoms with Crippen molar-refractivity contribution in [3.63, 3.8) is 0 Å². The lowest BCUT2D eigenvalue weighted by molar-refractivity contribution is 0.0991. The van der Waals surface area contributed by atoms with Gasteiger partial charge in [0.2, 0.25) is 0 Å². The Morgan fingerprint density at radius 1 is 1.33 bits per heavy atom. The molecule has 3 rings (SSSR count). The minimum atomic E-state index is -0.413. The highest BCUT2D eigenvalue weighted by atomic mass is 79.9. The molecule has 0 unspecified atom stereocenters. The summed E-state index contributed by atoms with van der Waals surface area (Å²) in [5.41, 5.74) is 1.12. The van der Waals surface area contributed by atoms with Gasteiger partial charge in [-0.05, 0) is 37.1 Å². The number of ketones is 1. The standard InChI is InChI=1S/C16H16BrFN2O/c17-12-7-11(8-13(18)9-12)16(21)10-14-5-6-20(19-14)15-3-1-2-4-15/h5-9,15H,1-4,10H2. The van der Waals surface area contributed by atoms with Crippen LogP contribution in [0.4, 0.5) is 4.39 Å². The molecule has 1 aliphatic rings. The van der Waals surface area contributed by atoms with E-state index in [-0.39, 0.29) is 12.2 Å². The zero-order valence-electron chi connectivity index (χ0n) is 11.6. The van der Waals surface area contributed by atoms with Gasteiger partial charge in [0.1, 0.15) is 5.82 Å². The van der Waals surface area contributed by atoms with E-state index in [1.165, 1.54) is 25.0 Å². The summed E-state index contributed by atoms with van der Waals surface area (Å²) in [5.74, 6) is -0.531. The van der Waals surface area contributed by atoms with Gasteiger partial charge in [-0.25, -0.2) is 4.39 Å². The van der Waals surface area contributed by atoms with Crippen molar-refractivity contribution in [1.29, 1.82) is 0 Å². The van der Waals surface area contributed by atoms with Gasteiger partial charge < -0.3 is 0 Å². The average Bonchev–Trinajstić information content (AvgIpc) is 3.07. The molecular weight excluding hydrogens is 335 g/mol. The van der Waals surface area contributed by atoms with Gasteiger partial charge in [0, 0.05) is 16.2 Å². The summed E-state index contributed by atoms with van der Waals surface area (Å²) in [5, 5.41) is 4.49. The summed E-state index contributed by atoms with van der Waals surface area (Å²) in [4.78, 5) is 12.2. The SMILES string of the molecule is O=C(Cc1ccn(C2CCCC2)n1)c1cc(F)cc(Br)c1. The number of benzene rings is 1. The summed E-state index contributed by atoms with van der Waals surface area (Å²) in [7, 11) is 0. The molecule has 1 fully saturated rings. The van der Waals surface area contributed by atoms with Gasteiger partial charge in [-0.15, -0.1) is 0 Å². The molecule has 0 bridgehead atoms. The van der Waals surface area contributed by atoms with Crippen LogP contribution in [0.3, 0.4) is 0 Å². The zero-order valence-corrected chi connectivity index (χ0v) is 13.1. The lowest BCUT2D eigenvalue weighted by Crippen LogP contribution is -2.08. The Morgan fingerprint density at radius 3 is 2.81 bits per heavy atom. The molecule has 21 heavy (non-hydrogen) atoms. The number of rotatable bonds is 4. The Bertz CT molecular complexity index is 642. The number of hydrogen-bond donors (Lipinski definition) is 0. The van der Waals surface area contributed by atoms with Crippen molar-refractivity contribution in [1.82, 2.24) is 9.78 Å². The van der Waals surface area contributed by atoms with Crippen LogP contribution in [0.5, 0.6) is 0 Å². The normalized spacial score (nSPS) is 15.5. The van der Waals surface area contributed by atoms with Crippen molar-refractivity contribution in [2.75, 3.05) is 0 Å². The first-order chi connectivity index (χ1) is 10.1. The van der Waals surface area contributed by atoms with Gasteiger partial charge >= 0.3 is 0 Å². The van der Waals surface area contributed by atoms with Crippen LogP contribution in [-0.2, 0) is 6.42 Å². The molecule has 0 atom stereocenters. The molecule has 1 saturated carbocycles. The van der Waals surface area contributed by atoms with E-state index in [0.29, 0.717) is 16.1 Å². The average molecular weight is 351 g/mol. The second-order valence-electron chi connectivity index (χ2n) is 5.48. The molecule has 0 radical (unpaired) electrons. The van der Waals surface area contributed by atoms with E-state index in [1.807, 2.05) is 16.9 Å². The predicted octanol–water partition coefficient (Wildman–Crippen LogP) is 4.33. The van der Waals surface area contributed by atoms with Crippen LogP contribution in [-0.4, -0.2) is 15.6 Å². The maximum absolute atomic E-state index is 13.3. The molecule has 0 saturated heterocycles. The van der Waals surface area contributed by atoms with Gasteiger partial charge in [-0.3, -0.25) is 9.48 Å². The minimum absolute atomic E-state index is 0.119. The number of hydrogen-bond acceptors (Lipinski definition) is 2. The molecule has 0 spiro atoms. The summed E-state index contributed by atoms with van der Waals surface area (Å²) in [6, 6.07) is 6.59. The van der Waals surface area contributed by atoms with E-state index in [2.05, 4.69) is 21.0 Å². The van der Waals surface area contributed by atoms with E-state index in [9.17, 15) is 9.18 Å². The second kappa shape index (κ2) is 6.10. The molecule has 5 heteroatoms. The van der Waals surface area contributed by atoms with Crippen molar-refractivity contribution < 1.29 is 9.18 Å². The van der Waals surface area contributed by atoms with E-state index in [0.717, 1.165) is 18.5 Å². The summed E-state index contributed by atoms with van der Waals surface area (Å²) in [6.07, 6.45) is 6.96. The van der Waals surface area contributed by atoms with Gasteiger partial charge in [0.25, 0.3) is 0 Å². The number of halogens is 2. The predicted molar refractivity (Wildman–Crippen MR) is 81.9 cm³/mol. The number of carbonyl (C=O) groups excluding carboxylic acids is 1. The maximum Gasteiger partial charge on any atom is 0.169 e. The Hall–Kier alpha value is -1.49. The van der Waals surface area contributed by atoms with Crippen LogP contribution < -0.4 is 0 Å². The van der Waals surface area contributed by atoms with Crippen molar-refractivity contribution in [3.8, 4) is 0 Å². The quantitative estimate of drug-likeness (QED) is 0.769. The van der Waals surface area contributed by atoms with Crippen LogP contribution in [0, 0.1) is 5.82 Å². The summed E-state index contributed by atoms with van der Waals surface area (Å²) < 4.78 is 15.9. The van der Waals surface area contributed by atoms with E-state index in [1.54, 1.807) is 6.07 Å². The molecule has 1 heterocycles. The molecule has 1 aromatic carbocycles. The van der Waals surface area contributed by atoms with Crippen LogP contribution in [0.25, 0.3) is 0 Å². The highest BCUT2D eigenvalue weighted by molar-refractivity contribution is 9.10. The molecule has 1 aromatic heterocycles. The van der Waals surface area contributed by atoms with Crippen LogP contribution in [0.1, 0.15) is 47.8 Å². The first-order valence-electron chi connectivity index (χ1n) is 7.15.